The SMILES string of the molecule is COC1CCC(NCC(F)(F)F)C1. The van der Waals surface area contributed by atoms with Crippen LogP contribution >= 0.6 is 0 Å². The average molecular weight is 197 g/mol. The second-order valence-corrected chi connectivity index (χ2v) is 3.36. The molecule has 0 aromatic heterocycles. The van der Waals surface area contributed by atoms with Gasteiger partial charge in [-0.05, 0) is 19.3 Å². The fourth-order valence-electron chi connectivity index (χ4n) is 1.60. The van der Waals surface area contributed by atoms with Gasteiger partial charge < -0.3 is 10.1 Å². The molecule has 0 spiro atoms. The lowest BCUT2D eigenvalue weighted by Gasteiger charge is -2.14. The topological polar surface area (TPSA) is 21.3 Å². The van der Waals surface area contributed by atoms with Gasteiger partial charge in [-0.25, -0.2) is 0 Å². The van der Waals surface area contributed by atoms with E-state index in [1.54, 1.807) is 7.11 Å². The van der Waals surface area contributed by atoms with E-state index in [1.165, 1.54) is 0 Å². The molecule has 1 fully saturated rings. The molecule has 2 nitrogen and oxygen atoms in total. The van der Waals surface area contributed by atoms with Crippen LogP contribution in [0.2, 0.25) is 0 Å². The minimum Gasteiger partial charge on any atom is -0.381 e. The van der Waals surface area contributed by atoms with Crippen molar-refractivity contribution < 1.29 is 17.9 Å². The van der Waals surface area contributed by atoms with Crippen molar-refractivity contribution >= 4 is 0 Å². The third kappa shape index (κ3) is 3.95. The molecule has 78 valence electrons. The Bertz CT molecular complexity index is 160. The fourth-order valence-corrected chi connectivity index (χ4v) is 1.60. The van der Waals surface area contributed by atoms with Crippen molar-refractivity contribution in [3.05, 3.63) is 0 Å². The molecule has 1 rings (SSSR count). The van der Waals surface area contributed by atoms with E-state index < -0.39 is 12.7 Å². The molecule has 0 amide bonds. The quantitative estimate of drug-likeness (QED) is 0.743. The minimum atomic E-state index is -4.11. The zero-order valence-corrected chi connectivity index (χ0v) is 7.53. The van der Waals surface area contributed by atoms with Crippen LogP contribution in [0.4, 0.5) is 13.2 Å². The summed E-state index contributed by atoms with van der Waals surface area (Å²) in [6.07, 6.45) is -1.66. The number of alkyl halides is 3. The van der Waals surface area contributed by atoms with E-state index in [1.807, 2.05) is 0 Å². The molecular formula is C8H14F3NO. The molecule has 1 saturated carbocycles. The van der Waals surface area contributed by atoms with Gasteiger partial charge in [-0.1, -0.05) is 0 Å². The van der Waals surface area contributed by atoms with E-state index in [9.17, 15) is 13.2 Å². The molecular weight excluding hydrogens is 183 g/mol. The number of halogens is 3. The first-order valence-electron chi connectivity index (χ1n) is 4.34. The summed E-state index contributed by atoms with van der Waals surface area (Å²) < 4.78 is 40.4. The highest BCUT2D eigenvalue weighted by atomic mass is 19.4. The Balaban J connectivity index is 2.17. The molecule has 1 aliphatic rings. The lowest BCUT2D eigenvalue weighted by molar-refractivity contribution is -0.126. The van der Waals surface area contributed by atoms with Crippen molar-refractivity contribution in [2.45, 2.75) is 37.6 Å². The lowest BCUT2D eigenvalue weighted by Crippen LogP contribution is -2.35. The molecule has 0 aromatic carbocycles. The normalized spacial score (nSPS) is 29.5. The summed E-state index contributed by atoms with van der Waals surface area (Å²) in [5.41, 5.74) is 0. The highest BCUT2D eigenvalue weighted by molar-refractivity contribution is 4.81. The monoisotopic (exact) mass is 197 g/mol. The Morgan fingerprint density at radius 1 is 1.38 bits per heavy atom. The van der Waals surface area contributed by atoms with Gasteiger partial charge in [0.1, 0.15) is 0 Å². The predicted octanol–water partition coefficient (Wildman–Crippen LogP) is 1.71. The molecule has 1 aliphatic carbocycles. The first kappa shape index (κ1) is 10.8. The van der Waals surface area contributed by atoms with Gasteiger partial charge in [-0.3, -0.25) is 0 Å². The first-order valence-corrected chi connectivity index (χ1v) is 4.34. The molecule has 1 N–H and O–H groups in total. The number of methoxy groups -OCH3 is 1. The van der Waals surface area contributed by atoms with Gasteiger partial charge in [0.25, 0.3) is 0 Å². The van der Waals surface area contributed by atoms with Gasteiger partial charge >= 0.3 is 6.18 Å². The van der Waals surface area contributed by atoms with Crippen LogP contribution in [0, 0.1) is 0 Å². The molecule has 0 radical (unpaired) electrons. The summed E-state index contributed by atoms with van der Waals surface area (Å²) in [4.78, 5) is 0. The van der Waals surface area contributed by atoms with Gasteiger partial charge in [-0.15, -0.1) is 0 Å². The van der Waals surface area contributed by atoms with Crippen LogP contribution in [-0.2, 0) is 4.74 Å². The van der Waals surface area contributed by atoms with Crippen molar-refractivity contribution in [3.8, 4) is 0 Å². The summed E-state index contributed by atoms with van der Waals surface area (Å²) in [6, 6.07) is -0.0356. The summed E-state index contributed by atoms with van der Waals surface area (Å²) in [7, 11) is 1.59. The maximum atomic E-state index is 11.8. The van der Waals surface area contributed by atoms with E-state index in [0.717, 1.165) is 12.8 Å². The Kier molecular flexibility index (Phi) is 3.55. The van der Waals surface area contributed by atoms with Crippen LogP contribution < -0.4 is 5.32 Å². The second-order valence-electron chi connectivity index (χ2n) is 3.36. The van der Waals surface area contributed by atoms with Crippen molar-refractivity contribution in [1.29, 1.82) is 0 Å². The van der Waals surface area contributed by atoms with E-state index >= 15 is 0 Å². The second kappa shape index (κ2) is 4.28. The van der Waals surface area contributed by atoms with E-state index in [-0.39, 0.29) is 12.1 Å². The van der Waals surface area contributed by atoms with E-state index in [0.29, 0.717) is 6.42 Å². The molecule has 2 unspecified atom stereocenters. The maximum absolute atomic E-state index is 11.8. The number of hydrogen-bond donors (Lipinski definition) is 1. The Hall–Kier alpha value is -0.290. The molecule has 0 aromatic rings. The van der Waals surface area contributed by atoms with Gasteiger partial charge in [0.15, 0.2) is 0 Å². The van der Waals surface area contributed by atoms with Crippen molar-refractivity contribution in [2.75, 3.05) is 13.7 Å². The largest absolute Gasteiger partial charge is 0.401 e. The third-order valence-electron chi connectivity index (χ3n) is 2.31. The summed E-state index contributed by atoms with van der Waals surface area (Å²) in [6.45, 7) is -0.895. The lowest BCUT2D eigenvalue weighted by atomic mass is 10.2. The smallest absolute Gasteiger partial charge is 0.381 e. The standard InChI is InChI=1S/C8H14F3NO/c1-13-7-3-2-6(4-7)12-5-8(9,10)11/h6-7,12H,2-5H2,1H3. The first-order chi connectivity index (χ1) is 6.01. The summed E-state index contributed by atoms with van der Waals surface area (Å²) in [5, 5.41) is 2.48. The number of rotatable bonds is 3. The van der Waals surface area contributed by atoms with Gasteiger partial charge in [0, 0.05) is 13.2 Å². The molecule has 5 heteroatoms. The maximum Gasteiger partial charge on any atom is 0.401 e. The van der Waals surface area contributed by atoms with Crippen LogP contribution in [-0.4, -0.2) is 32.0 Å². The highest BCUT2D eigenvalue weighted by Gasteiger charge is 2.30. The molecule has 13 heavy (non-hydrogen) atoms. The molecule has 2 atom stereocenters. The number of nitrogens with one attached hydrogen (secondary N) is 1. The molecule has 0 bridgehead atoms. The number of hydrogen-bond acceptors (Lipinski definition) is 2. The summed E-state index contributed by atoms with van der Waals surface area (Å²) >= 11 is 0. The Labute approximate surface area is 75.4 Å². The fraction of sp³-hybridized carbons (Fsp3) is 1.00. The van der Waals surface area contributed by atoms with Crippen molar-refractivity contribution in [1.82, 2.24) is 5.32 Å². The molecule has 0 heterocycles. The van der Waals surface area contributed by atoms with Crippen LogP contribution in [0.5, 0.6) is 0 Å². The molecule has 0 aliphatic heterocycles. The minimum absolute atomic E-state index is 0.0356. The van der Waals surface area contributed by atoms with Crippen molar-refractivity contribution in [3.63, 3.8) is 0 Å². The summed E-state index contributed by atoms with van der Waals surface area (Å²) in [5.74, 6) is 0. The zero-order valence-electron chi connectivity index (χ0n) is 7.53. The van der Waals surface area contributed by atoms with Gasteiger partial charge in [0.2, 0.25) is 0 Å². The average Bonchev–Trinajstić information content (AvgIpc) is 2.47. The number of ether oxygens (including phenoxy) is 1. The van der Waals surface area contributed by atoms with Crippen LogP contribution in [0.15, 0.2) is 0 Å². The molecule has 0 saturated heterocycles. The van der Waals surface area contributed by atoms with Crippen LogP contribution in [0.25, 0.3) is 0 Å². The van der Waals surface area contributed by atoms with E-state index in [2.05, 4.69) is 5.32 Å². The zero-order chi connectivity index (χ0) is 9.90. The van der Waals surface area contributed by atoms with E-state index in [4.69, 9.17) is 4.74 Å². The highest BCUT2D eigenvalue weighted by Crippen LogP contribution is 2.22. The van der Waals surface area contributed by atoms with Gasteiger partial charge in [-0.2, -0.15) is 13.2 Å². The predicted molar refractivity (Wildman–Crippen MR) is 42.5 cm³/mol. The van der Waals surface area contributed by atoms with Gasteiger partial charge in [0.05, 0.1) is 12.6 Å². The Morgan fingerprint density at radius 3 is 2.54 bits per heavy atom. The van der Waals surface area contributed by atoms with Crippen LogP contribution in [0.3, 0.4) is 0 Å². The third-order valence-corrected chi connectivity index (χ3v) is 2.31. The van der Waals surface area contributed by atoms with Crippen molar-refractivity contribution in [2.24, 2.45) is 0 Å². The Morgan fingerprint density at radius 2 is 2.08 bits per heavy atom. The van der Waals surface area contributed by atoms with Crippen LogP contribution in [0.1, 0.15) is 19.3 Å².